The largest absolute Gasteiger partial charge is 0.486 e. The van der Waals surface area contributed by atoms with Gasteiger partial charge in [0, 0.05) is 18.6 Å². The number of Topliss-reactive ketones (excluding diaryl/α,β-unsaturated/α-hetero) is 1. The molecule has 3 rings (SSSR count). The van der Waals surface area contributed by atoms with E-state index < -0.39 is 18.0 Å². The van der Waals surface area contributed by atoms with Gasteiger partial charge in [-0.15, -0.1) is 0 Å². The molecule has 2 N–H and O–H groups in total. The first-order valence-electron chi connectivity index (χ1n) is 9.98. The van der Waals surface area contributed by atoms with E-state index in [0.717, 1.165) is 17.3 Å². The highest BCUT2D eigenvalue weighted by Crippen LogP contribution is 2.33. The van der Waals surface area contributed by atoms with Gasteiger partial charge in [-0.05, 0) is 29.7 Å². The van der Waals surface area contributed by atoms with Crippen molar-refractivity contribution in [1.29, 1.82) is 0 Å². The predicted molar refractivity (Wildman–Crippen MR) is 117 cm³/mol. The van der Waals surface area contributed by atoms with E-state index in [1.165, 1.54) is 6.92 Å². The van der Waals surface area contributed by atoms with Crippen LogP contribution in [-0.4, -0.2) is 42.4 Å². The number of nitrogens with two attached hydrogens (primary N) is 1. The Hall–Kier alpha value is -2.84. The minimum atomic E-state index is -1.09. The molecule has 0 bridgehead atoms. The zero-order chi connectivity index (χ0) is 22.2. The normalized spacial score (nSPS) is 14.4. The molecule has 164 valence electrons. The first kappa shape index (κ1) is 22.8. The van der Waals surface area contributed by atoms with E-state index in [2.05, 4.69) is 0 Å². The minimum Gasteiger partial charge on any atom is -0.486 e. The lowest BCUT2D eigenvalue weighted by molar-refractivity contribution is -0.155. The Morgan fingerprint density at radius 3 is 2.45 bits per heavy atom. The molecular formula is C23H25NO6S. The number of carbonyl (C=O) groups is 3. The van der Waals surface area contributed by atoms with Gasteiger partial charge in [-0.1, -0.05) is 48.2 Å². The van der Waals surface area contributed by atoms with Crippen molar-refractivity contribution in [2.45, 2.75) is 19.4 Å². The number of thioether (sulfide) groups is 1. The number of carbonyl (C=O) groups excluding carboxylic acids is 3. The van der Waals surface area contributed by atoms with Crippen molar-refractivity contribution < 1.29 is 28.6 Å². The summed E-state index contributed by atoms with van der Waals surface area (Å²) in [5, 5.41) is -0.0878. The van der Waals surface area contributed by atoms with Crippen LogP contribution in [0.1, 0.15) is 24.2 Å². The maximum Gasteiger partial charge on any atom is 0.320 e. The number of hydrogen-bond acceptors (Lipinski definition) is 8. The SMILES string of the molecule is CC(=O)SCC(Cc1ccc2c(c1)OCCO2)C(=O)C(OC(=O)CN)c1ccccc1. The Labute approximate surface area is 185 Å². The van der Waals surface area contributed by atoms with Crippen molar-refractivity contribution in [2.24, 2.45) is 11.7 Å². The standard InChI is InChI=1S/C23H25NO6S/c1-15(25)31-14-18(11-16-7-8-19-20(12-16)29-10-9-28-19)22(27)23(30-21(26)13-24)17-5-3-2-4-6-17/h2-8,12,18,23H,9-11,13-14,24H2,1H3. The topological polar surface area (TPSA) is 105 Å². The minimum absolute atomic E-state index is 0.0878. The van der Waals surface area contributed by atoms with Crippen molar-refractivity contribution in [2.75, 3.05) is 25.5 Å². The summed E-state index contributed by atoms with van der Waals surface area (Å²) in [5.74, 6) is 0.0494. The van der Waals surface area contributed by atoms with Crippen molar-refractivity contribution in [1.82, 2.24) is 0 Å². The van der Waals surface area contributed by atoms with E-state index in [4.69, 9.17) is 19.9 Å². The number of fused-ring (bicyclic) bond motifs is 1. The average Bonchev–Trinajstić information content (AvgIpc) is 2.79. The fourth-order valence-electron chi connectivity index (χ4n) is 3.27. The Balaban J connectivity index is 1.87. The number of ketones is 1. The molecule has 7 nitrogen and oxygen atoms in total. The van der Waals surface area contributed by atoms with Crippen LogP contribution in [0.2, 0.25) is 0 Å². The highest BCUT2D eigenvalue weighted by Gasteiger charge is 2.32. The van der Waals surface area contributed by atoms with Crippen LogP contribution in [0.25, 0.3) is 0 Å². The van der Waals surface area contributed by atoms with E-state index >= 15 is 0 Å². The third kappa shape index (κ3) is 6.32. The van der Waals surface area contributed by atoms with E-state index in [-0.39, 0.29) is 23.2 Å². The van der Waals surface area contributed by atoms with Crippen molar-refractivity contribution in [3.8, 4) is 11.5 Å². The third-order valence-electron chi connectivity index (χ3n) is 4.76. The molecule has 2 unspecified atom stereocenters. The second-order valence-corrected chi connectivity index (χ2v) is 8.27. The molecule has 2 aromatic rings. The van der Waals surface area contributed by atoms with Crippen molar-refractivity contribution in [3.63, 3.8) is 0 Å². The molecule has 1 heterocycles. The van der Waals surface area contributed by atoms with Gasteiger partial charge in [0.05, 0.1) is 6.54 Å². The van der Waals surface area contributed by atoms with Crippen LogP contribution < -0.4 is 15.2 Å². The van der Waals surface area contributed by atoms with E-state index in [9.17, 15) is 14.4 Å². The number of esters is 1. The molecule has 1 aliphatic heterocycles. The van der Waals surface area contributed by atoms with Gasteiger partial charge in [0.1, 0.15) is 13.2 Å². The maximum absolute atomic E-state index is 13.5. The molecule has 0 amide bonds. The van der Waals surface area contributed by atoms with Crippen LogP contribution in [0.4, 0.5) is 0 Å². The molecule has 0 aliphatic carbocycles. The number of hydrogen-bond donors (Lipinski definition) is 1. The molecule has 0 aromatic heterocycles. The van der Waals surface area contributed by atoms with Gasteiger partial charge in [0.25, 0.3) is 0 Å². The predicted octanol–water partition coefficient (Wildman–Crippen LogP) is 2.71. The Kier molecular flexibility index (Phi) is 8.08. The van der Waals surface area contributed by atoms with Gasteiger partial charge >= 0.3 is 5.97 Å². The fraction of sp³-hybridized carbons (Fsp3) is 0.348. The molecule has 0 saturated carbocycles. The van der Waals surface area contributed by atoms with Crippen LogP contribution in [0.3, 0.4) is 0 Å². The zero-order valence-electron chi connectivity index (χ0n) is 17.2. The van der Waals surface area contributed by atoms with Gasteiger partial charge in [0.15, 0.2) is 28.5 Å². The van der Waals surface area contributed by atoms with Gasteiger partial charge in [-0.25, -0.2) is 0 Å². The molecule has 0 fully saturated rings. The van der Waals surface area contributed by atoms with Gasteiger partial charge < -0.3 is 19.9 Å². The lowest BCUT2D eigenvalue weighted by atomic mass is 9.91. The Morgan fingerprint density at radius 2 is 1.77 bits per heavy atom. The van der Waals surface area contributed by atoms with Crippen LogP contribution in [0.15, 0.2) is 48.5 Å². The summed E-state index contributed by atoms with van der Waals surface area (Å²) < 4.78 is 16.6. The number of rotatable bonds is 9. The van der Waals surface area contributed by atoms with Gasteiger partial charge in [-0.2, -0.15) is 0 Å². The lowest BCUT2D eigenvalue weighted by Crippen LogP contribution is -2.31. The number of ether oxygens (including phenoxy) is 3. The Bertz CT molecular complexity index is 933. The molecule has 2 aromatic carbocycles. The Morgan fingerprint density at radius 1 is 1.06 bits per heavy atom. The van der Waals surface area contributed by atoms with Crippen LogP contribution in [0.5, 0.6) is 11.5 Å². The monoisotopic (exact) mass is 443 g/mol. The lowest BCUT2D eigenvalue weighted by Gasteiger charge is -2.24. The van der Waals surface area contributed by atoms with Gasteiger partial charge in [-0.3, -0.25) is 14.4 Å². The van der Waals surface area contributed by atoms with Crippen molar-refractivity contribution in [3.05, 3.63) is 59.7 Å². The molecular weight excluding hydrogens is 418 g/mol. The van der Waals surface area contributed by atoms with Crippen LogP contribution in [-0.2, 0) is 25.5 Å². The highest BCUT2D eigenvalue weighted by atomic mass is 32.2. The highest BCUT2D eigenvalue weighted by molar-refractivity contribution is 8.13. The van der Waals surface area contributed by atoms with E-state index in [1.807, 2.05) is 24.3 Å². The fourth-order valence-corrected chi connectivity index (χ4v) is 3.99. The summed E-state index contributed by atoms with van der Waals surface area (Å²) in [4.78, 5) is 37.0. The van der Waals surface area contributed by atoms with Gasteiger partial charge in [0.2, 0.25) is 0 Å². The summed E-state index contributed by atoms with van der Waals surface area (Å²) >= 11 is 1.07. The first-order valence-corrected chi connectivity index (χ1v) is 11.0. The summed E-state index contributed by atoms with van der Waals surface area (Å²) in [6, 6.07) is 14.3. The third-order valence-corrected chi connectivity index (χ3v) is 5.73. The summed E-state index contributed by atoms with van der Waals surface area (Å²) in [7, 11) is 0. The smallest absolute Gasteiger partial charge is 0.320 e. The van der Waals surface area contributed by atoms with Crippen molar-refractivity contribution >= 4 is 28.6 Å². The molecule has 1 aliphatic rings. The zero-order valence-corrected chi connectivity index (χ0v) is 18.1. The summed E-state index contributed by atoms with van der Waals surface area (Å²) in [6.45, 7) is 2.09. The number of benzene rings is 2. The average molecular weight is 444 g/mol. The molecule has 8 heteroatoms. The maximum atomic E-state index is 13.5. The van der Waals surface area contributed by atoms with E-state index in [1.54, 1.807) is 24.3 Å². The molecule has 0 saturated heterocycles. The second kappa shape index (κ2) is 11.0. The summed E-state index contributed by atoms with van der Waals surface area (Å²) in [6.07, 6.45) is -0.730. The molecule has 0 spiro atoms. The molecule has 0 radical (unpaired) electrons. The summed E-state index contributed by atoms with van der Waals surface area (Å²) in [5.41, 5.74) is 6.83. The van der Waals surface area contributed by atoms with Crippen LogP contribution >= 0.6 is 11.8 Å². The van der Waals surface area contributed by atoms with Crippen LogP contribution in [0, 0.1) is 5.92 Å². The quantitative estimate of drug-likeness (QED) is 0.590. The first-order chi connectivity index (χ1) is 15.0. The molecule has 31 heavy (non-hydrogen) atoms. The second-order valence-electron chi connectivity index (χ2n) is 7.07. The van der Waals surface area contributed by atoms with E-state index in [0.29, 0.717) is 36.7 Å². The molecule has 2 atom stereocenters.